The Morgan fingerprint density at radius 2 is 1.81 bits per heavy atom. The van der Waals surface area contributed by atoms with Gasteiger partial charge in [-0.15, -0.1) is 11.3 Å². The highest BCUT2D eigenvalue weighted by Gasteiger charge is 2.33. The molecule has 2 aromatic rings. The Labute approximate surface area is 217 Å². The van der Waals surface area contributed by atoms with E-state index in [4.69, 9.17) is 16.3 Å². The predicted octanol–water partition coefficient (Wildman–Crippen LogP) is 3.45. The van der Waals surface area contributed by atoms with Crippen molar-refractivity contribution in [1.82, 2.24) is 4.98 Å². The van der Waals surface area contributed by atoms with Crippen LogP contribution in [-0.4, -0.2) is 48.8 Å². The highest BCUT2D eigenvalue weighted by atomic mass is 127. The van der Waals surface area contributed by atoms with Gasteiger partial charge in [0.15, 0.2) is 0 Å². The zero-order valence-corrected chi connectivity index (χ0v) is 22.4. The van der Waals surface area contributed by atoms with Crippen LogP contribution in [0.4, 0.5) is 10.5 Å². The van der Waals surface area contributed by atoms with Gasteiger partial charge in [0.2, 0.25) is 0 Å². The molecule has 32 heavy (non-hydrogen) atoms. The SMILES string of the molecule is C[N+]1(CC2CCCCC2)CCC(COC(=O)Nc2ccc(-c3nc(Cl)cs3)cc2)CC1.[I-]. The number of likely N-dealkylation sites (tertiary alicyclic amines) is 1. The number of carbonyl (C=O) groups excluding carboxylic acids is 1. The van der Waals surface area contributed by atoms with Crippen LogP contribution in [0, 0.1) is 11.8 Å². The van der Waals surface area contributed by atoms with Gasteiger partial charge in [0, 0.05) is 41.3 Å². The molecule has 8 heteroatoms. The third kappa shape index (κ3) is 7.30. The first-order valence-corrected chi connectivity index (χ1v) is 12.7. The van der Waals surface area contributed by atoms with E-state index in [1.165, 1.54) is 67.6 Å². The van der Waals surface area contributed by atoms with Gasteiger partial charge in [-0.2, -0.15) is 0 Å². The fourth-order valence-corrected chi connectivity index (χ4v) is 5.97. The molecule has 4 rings (SSSR count). The molecule has 0 spiro atoms. The van der Waals surface area contributed by atoms with E-state index in [9.17, 15) is 4.79 Å². The molecule has 1 aliphatic carbocycles. The fraction of sp³-hybridized carbons (Fsp3) is 0.583. The number of amides is 1. The van der Waals surface area contributed by atoms with Crippen molar-refractivity contribution in [2.75, 3.05) is 38.6 Å². The van der Waals surface area contributed by atoms with Crippen LogP contribution < -0.4 is 29.3 Å². The molecule has 176 valence electrons. The van der Waals surface area contributed by atoms with E-state index in [0.29, 0.717) is 17.7 Å². The number of aromatic nitrogens is 1. The Hall–Kier alpha value is -0.900. The van der Waals surface area contributed by atoms with Crippen molar-refractivity contribution < 1.29 is 38.0 Å². The smallest absolute Gasteiger partial charge is 0.411 e. The molecule has 5 nitrogen and oxygen atoms in total. The average Bonchev–Trinajstić information content (AvgIpc) is 3.21. The summed E-state index contributed by atoms with van der Waals surface area (Å²) in [5, 5.41) is 6.00. The molecule has 2 aliphatic rings. The van der Waals surface area contributed by atoms with Crippen molar-refractivity contribution in [3.8, 4) is 10.6 Å². The first-order valence-electron chi connectivity index (χ1n) is 11.5. The molecular weight excluding hydrogens is 557 g/mol. The topological polar surface area (TPSA) is 51.2 Å². The molecule has 1 N–H and O–H groups in total. The van der Waals surface area contributed by atoms with Crippen molar-refractivity contribution in [2.24, 2.45) is 11.8 Å². The molecule has 1 amide bonds. The summed E-state index contributed by atoms with van der Waals surface area (Å²) in [5.74, 6) is 1.39. The summed E-state index contributed by atoms with van der Waals surface area (Å²) in [4.78, 5) is 16.5. The highest BCUT2D eigenvalue weighted by Crippen LogP contribution is 2.30. The van der Waals surface area contributed by atoms with Gasteiger partial charge in [0.05, 0.1) is 33.3 Å². The molecule has 1 saturated carbocycles. The molecular formula is C24H33ClIN3O2S. The molecule has 1 aliphatic heterocycles. The van der Waals surface area contributed by atoms with Crippen LogP contribution in [0.2, 0.25) is 5.15 Å². The predicted molar refractivity (Wildman–Crippen MR) is 128 cm³/mol. The number of halogens is 2. The van der Waals surface area contributed by atoms with Crippen molar-refractivity contribution in [2.45, 2.75) is 44.9 Å². The number of piperidine rings is 1. The minimum absolute atomic E-state index is 0. The maximum Gasteiger partial charge on any atom is 0.411 e. The molecule has 2 heterocycles. The van der Waals surface area contributed by atoms with Gasteiger partial charge in [-0.3, -0.25) is 5.32 Å². The molecule has 1 aromatic carbocycles. The minimum atomic E-state index is -0.380. The van der Waals surface area contributed by atoms with Gasteiger partial charge >= 0.3 is 6.09 Å². The number of rotatable bonds is 6. The van der Waals surface area contributed by atoms with E-state index in [1.807, 2.05) is 29.6 Å². The van der Waals surface area contributed by atoms with Gasteiger partial charge in [0.25, 0.3) is 0 Å². The quantitative estimate of drug-likeness (QED) is 0.415. The Morgan fingerprint density at radius 3 is 2.44 bits per heavy atom. The molecule has 0 bridgehead atoms. The van der Waals surface area contributed by atoms with Crippen molar-refractivity contribution in [3.63, 3.8) is 0 Å². The van der Waals surface area contributed by atoms with E-state index in [2.05, 4.69) is 17.3 Å². The second-order valence-corrected chi connectivity index (χ2v) is 10.7. The van der Waals surface area contributed by atoms with Gasteiger partial charge in [-0.25, -0.2) is 9.78 Å². The number of hydrogen-bond donors (Lipinski definition) is 1. The first-order chi connectivity index (χ1) is 15.0. The van der Waals surface area contributed by atoms with E-state index >= 15 is 0 Å². The summed E-state index contributed by atoms with van der Waals surface area (Å²) >= 11 is 7.39. The lowest BCUT2D eigenvalue weighted by atomic mass is 9.87. The monoisotopic (exact) mass is 589 g/mol. The maximum atomic E-state index is 12.2. The number of carbonyl (C=O) groups is 1. The summed E-state index contributed by atoms with van der Waals surface area (Å²) in [5.41, 5.74) is 1.70. The van der Waals surface area contributed by atoms with Crippen LogP contribution >= 0.6 is 22.9 Å². The Kier molecular flexibility index (Phi) is 9.64. The largest absolute Gasteiger partial charge is 1.00 e. The number of quaternary nitrogens is 1. The number of hydrogen-bond acceptors (Lipinski definition) is 4. The normalized spacial score (nSPS) is 23.9. The highest BCUT2D eigenvalue weighted by molar-refractivity contribution is 7.13. The van der Waals surface area contributed by atoms with Crippen molar-refractivity contribution >= 4 is 34.7 Å². The molecule has 0 radical (unpaired) electrons. The maximum absolute atomic E-state index is 12.2. The minimum Gasteiger partial charge on any atom is -1.00 e. The third-order valence-corrected chi connectivity index (χ3v) is 8.10. The molecule has 2 fully saturated rings. The van der Waals surface area contributed by atoms with Gasteiger partial charge in [-0.1, -0.05) is 30.9 Å². The van der Waals surface area contributed by atoms with E-state index in [-0.39, 0.29) is 30.1 Å². The van der Waals surface area contributed by atoms with Crippen molar-refractivity contribution in [3.05, 3.63) is 34.8 Å². The molecule has 0 unspecified atom stereocenters. The number of nitrogens with zero attached hydrogens (tertiary/aromatic N) is 2. The van der Waals surface area contributed by atoms with E-state index in [1.54, 1.807) is 0 Å². The van der Waals surface area contributed by atoms with Gasteiger partial charge in [-0.05, 0) is 37.1 Å². The number of ether oxygens (including phenoxy) is 1. The summed E-state index contributed by atoms with van der Waals surface area (Å²) < 4.78 is 6.74. The van der Waals surface area contributed by atoms with Gasteiger partial charge in [0.1, 0.15) is 10.2 Å². The molecule has 1 aromatic heterocycles. The zero-order chi connectivity index (χ0) is 21.7. The van der Waals surface area contributed by atoms with Gasteiger partial charge < -0.3 is 33.2 Å². The lowest BCUT2D eigenvalue weighted by Crippen LogP contribution is -3.00. The third-order valence-electron chi connectivity index (χ3n) is 6.88. The van der Waals surface area contributed by atoms with Crippen LogP contribution in [0.3, 0.4) is 0 Å². The Bertz CT molecular complexity index is 862. The standard InChI is InChI=1S/C24H32ClN3O2S.HI/c1-28(15-18-5-3-2-4-6-18)13-11-19(12-14-28)16-30-24(29)26-21-9-7-20(8-10-21)23-27-22(25)17-31-23;/h7-10,17-19H,2-6,11-16H2,1H3;1H. The van der Waals surface area contributed by atoms with Crippen LogP contribution in [0.25, 0.3) is 10.6 Å². The van der Waals surface area contributed by atoms with E-state index < -0.39 is 0 Å². The van der Waals surface area contributed by atoms with Crippen LogP contribution in [0.5, 0.6) is 0 Å². The molecule has 1 saturated heterocycles. The number of nitrogens with one attached hydrogen (secondary N) is 1. The summed E-state index contributed by atoms with van der Waals surface area (Å²) in [6.07, 6.45) is 8.99. The van der Waals surface area contributed by atoms with Crippen LogP contribution in [0.15, 0.2) is 29.6 Å². The Morgan fingerprint density at radius 1 is 1.12 bits per heavy atom. The van der Waals surface area contributed by atoms with Crippen molar-refractivity contribution in [1.29, 1.82) is 0 Å². The number of thiazole rings is 1. The summed E-state index contributed by atoms with van der Waals surface area (Å²) in [6, 6.07) is 7.58. The second kappa shape index (κ2) is 12.0. The lowest BCUT2D eigenvalue weighted by Gasteiger charge is -2.43. The summed E-state index contributed by atoms with van der Waals surface area (Å²) in [6.45, 7) is 4.24. The number of anilines is 1. The summed E-state index contributed by atoms with van der Waals surface area (Å²) in [7, 11) is 2.42. The zero-order valence-electron chi connectivity index (χ0n) is 18.7. The molecule has 0 atom stereocenters. The number of benzene rings is 1. The van der Waals surface area contributed by atoms with Crippen LogP contribution in [-0.2, 0) is 4.74 Å². The Balaban J connectivity index is 0.00000289. The second-order valence-electron chi connectivity index (χ2n) is 9.47. The fourth-order valence-electron chi connectivity index (χ4n) is 5.02. The first kappa shape index (κ1) is 25.7. The average molecular weight is 590 g/mol. The van der Waals surface area contributed by atoms with E-state index in [0.717, 1.165) is 35.0 Å². The van der Waals surface area contributed by atoms with Crippen LogP contribution in [0.1, 0.15) is 44.9 Å². The lowest BCUT2D eigenvalue weighted by molar-refractivity contribution is -0.918.